The van der Waals surface area contributed by atoms with Crippen molar-refractivity contribution in [3.8, 4) is 0 Å². The minimum atomic E-state index is -2.23. The van der Waals surface area contributed by atoms with Crippen LogP contribution in [0, 0.1) is 5.41 Å². The molecule has 52 heavy (non-hydrogen) atoms. The number of carbonyl (C=O) groups is 3. The number of unbranched alkanes of at least 4 members (excludes halogenated alkanes) is 4. The maximum Gasteiger partial charge on any atom is 0.330 e. The van der Waals surface area contributed by atoms with Crippen LogP contribution in [0.4, 0.5) is 0 Å². The predicted octanol–water partition coefficient (Wildman–Crippen LogP) is 4.35. The molecule has 3 aliphatic rings. The number of ether oxygens (including phenoxy) is 6. The molecule has 0 amide bonds. The zero-order valence-corrected chi connectivity index (χ0v) is 31.8. The lowest BCUT2D eigenvalue weighted by Crippen LogP contribution is -2.62. The number of aliphatic hydroxyl groups is 4. The highest BCUT2D eigenvalue weighted by Gasteiger charge is 2.57. The van der Waals surface area contributed by atoms with Gasteiger partial charge in [-0.25, -0.2) is 4.79 Å². The minimum absolute atomic E-state index is 0.0338. The van der Waals surface area contributed by atoms with Crippen molar-refractivity contribution < 1.29 is 63.2 Å². The quantitative estimate of drug-likeness (QED) is 0.0454. The van der Waals surface area contributed by atoms with Gasteiger partial charge in [0.25, 0.3) is 0 Å². The van der Waals surface area contributed by atoms with Crippen LogP contribution < -0.4 is 0 Å². The molecule has 0 radical (unpaired) electrons. The molecule has 3 aliphatic heterocycles. The van der Waals surface area contributed by atoms with Crippen molar-refractivity contribution in [1.82, 2.24) is 0 Å². The van der Waals surface area contributed by atoms with E-state index < -0.39 is 60.0 Å². The van der Waals surface area contributed by atoms with E-state index in [-0.39, 0.29) is 49.6 Å². The molecule has 4 N–H and O–H groups in total. The average molecular weight is 741 g/mol. The minimum Gasteiger partial charge on any atom is -0.466 e. The van der Waals surface area contributed by atoms with Crippen LogP contribution in [0.3, 0.4) is 0 Å². The molecule has 0 saturated carbocycles. The molecule has 0 bridgehead atoms. The van der Waals surface area contributed by atoms with Crippen molar-refractivity contribution in [1.29, 1.82) is 0 Å². The molecule has 0 aliphatic carbocycles. The van der Waals surface area contributed by atoms with E-state index in [2.05, 4.69) is 6.92 Å². The first kappa shape index (κ1) is 44.2. The molecule has 3 saturated heterocycles. The molecule has 3 heterocycles. The summed E-state index contributed by atoms with van der Waals surface area (Å²) in [6, 6.07) is 0. The molecule has 3 fully saturated rings. The van der Waals surface area contributed by atoms with Crippen LogP contribution in [-0.4, -0.2) is 113 Å². The van der Waals surface area contributed by atoms with E-state index in [9.17, 15) is 34.8 Å². The zero-order valence-electron chi connectivity index (χ0n) is 31.8. The highest BCUT2D eigenvalue weighted by atomic mass is 16.7. The molecule has 13 heteroatoms. The van der Waals surface area contributed by atoms with E-state index in [1.54, 1.807) is 26.0 Å². The molecule has 0 aromatic carbocycles. The summed E-state index contributed by atoms with van der Waals surface area (Å²) in [4.78, 5) is 36.5. The van der Waals surface area contributed by atoms with Crippen molar-refractivity contribution in [2.24, 2.45) is 5.41 Å². The van der Waals surface area contributed by atoms with Crippen molar-refractivity contribution >= 4 is 18.2 Å². The Morgan fingerprint density at radius 2 is 1.71 bits per heavy atom. The first-order chi connectivity index (χ1) is 24.7. The Hall–Kier alpha value is -2.23. The van der Waals surface area contributed by atoms with Gasteiger partial charge in [-0.15, -0.1) is 0 Å². The molecule has 0 aromatic heterocycles. The highest BCUT2D eigenvalue weighted by molar-refractivity contribution is 5.83. The lowest BCUT2D eigenvalue weighted by Gasteiger charge is -2.51. The summed E-state index contributed by atoms with van der Waals surface area (Å²) in [6.07, 6.45) is 8.07. The molecule has 3 rings (SSSR count). The zero-order chi connectivity index (χ0) is 38.3. The summed E-state index contributed by atoms with van der Waals surface area (Å²) in [5, 5.41) is 43.2. The van der Waals surface area contributed by atoms with Gasteiger partial charge in [-0.05, 0) is 69.9 Å². The predicted molar refractivity (Wildman–Crippen MR) is 191 cm³/mol. The van der Waals surface area contributed by atoms with Crippen molar-refractivity contribution in [3.05, 3.63) is 23.8 Å². The second-order valence-electron chi connectivity index (χ2n) is 15.2. The standard InChI is InChI=1S/C39H64O13/c1-6-7-8-9-10-14-34(44)51-37-27(22-35(45)47-5)21-32(25-33(43)26(2)41)52-39(37,46)38(3,4)18-15-36-48-20-17-31(50-36)24-30-13-11-12-29(49-30)23-28(42)16-19-40/h15,18-19,22,26,28-33,36-37,41-43,46H,6-14,16-17,20-21,23-25H2,1-5H3/b18-15+,27-22+/t26-,28?,29-,30+,31-,32-,33+,36-,37-,39+/m0/s1. The van der Waals surface area contributed by atoms with Crippen LogP contribution in [0.25, 0.3) is 0 Å². The third-order valence-corrected chi connectivity index (χ3v) is 10.3. The summed E-state index contributed by atoms with van der Waals surface area (Å²) in [7, 11) is 1.22. The summed E-state index contributed by atoms with van der Waals surface area (Å²) < 4.78 is 35.6. The maximum absolute atomic E-state index is 13.2. The van der Waals surface area contributed by atoms with Crippen molar-refractivity contribution in [2.45, 2.75) is 185 Å². The number of carbonyl (C=O) groups excluding carboxylic acids is 3. The number of aldehydes is 1. The molecule has 298 valence electrons. The monoisotopic (exact) mass is 740 g/mol. The first-order valence-electron chi connectivity index (χ1n) is 19.2. The third kappa shape index (κ3) is 13.6. The molecule has 13 nitrogen and oxygen atoms in total. The van der Waals surface area contributed by atoms with E-state index in [0.717, 1.165) is 51.2 Å². The van der Waals surface area contributed by atoms with E-state index in [1.807, 2.05) is 0 Å². The van der Waals surface area contributed by atoms with E-state index in [4.69, 9.17) is 28.4 Å². The maximum atomic E-state index is 13.2. The smallest absolute Gasteiger partial charge is 0.330 e. The van der Waals surface area contributed by atoms with Crippen LogP contribution in [-0.2, 0) is 42.8 Å². The van der Waals surface area contributed by atoms with Crippen LogP contribution in [0.5, 0.6) is 0 Å². The molecule has 10 atom stereocenters. The molecule has 1 unspecified atom stereocenters. The average Bonchev–Trinajstić information content (AvgIpc) is 3.09. The first-order valence-corrected chi connectivity index (χ1v) is 19.2. The topological polar surface area (TPSA) is 188 Å². The van der Waals surface area contributed by atoms with Gasteiger partial charge < -0.3 is 53.6 Å². The number of aliphatic hydroxyl groups excluding tert-OH is 3. The fourth-order valence-corrected chi connectivity index (χ4v) is 7.09. The van der Waals surface area contributed by atoms with Gasteiger partial charge >= 0.3 is 11.9 Å². The van der Waals surface area contributed by atoms with Crippen LogP contribution in [0.2, 0.25) is 0 Å². The van der Waals surface area contributed by atoms with Gasteiger partial charge in [0.15, 0.2) is 12.4 Å². The summed E-state index contributed by atoms with van der Waals surface area (Å²) >= 11 is 0. The second kappa shape index (κ2) is 21.6. The van der Waals surface area contributed by atoms with E-state index in [1.165, 1.54) is 20.1 Å². The van der Waals surface area contributed by atoms with Crippen molar-refractivity contribution in [3.63, 3.8) is 0 Å². The van der Waals surface area contributed by atoms with Gasteiger partial charge in [0.1, 0.15) is 6.29 Å². The van der Waals surface area contributed by atoms with Gasteiger partial charge in [-0.1, -0.05) is 52.5 Å². The van der Waals surface area contributed by atoms with Gasteiger partial charge in [0, 0.05) is 30.8 Å². The lowest BCUT2D eigenvalue weighted by atomic mass is 9.74. The normalized spacial score (nSPS) is 31.2. The Kier molecular flexibility index (Phi) is 18.4. The SMILES string of the molecule is CCCCCCCC(=O)O[C@H]1/C(=C/C(=O)OC)C[C@@H](C[C@@H](O)[C@H](C)O)O[C@@]1(O)C(C)(C)/C=C/[C@H]1OCC[C@@H](C[C@H]2CCC[C@@H](CC(O)CC=O)O2)O1. The van der Waals surface area contributed by atoms with Crippen LogP contribution in [0.15, 0.2) is 23.8 Å². The second-order valence-corrected chi connectivity index (χ2v) is 15.2. The Labute approximate surface area is 309 Å². The van der Waals surface area contributed by atoms with Gasteiger partial charge in [-0.2, -0.15) is 0 Å². The van der Waals surface area contributed by atoms with Crippen LogP contribution in [0.1, 0.15) is 124 Å². The van der Waals surface area contributed by atoms with Gasteiger partial charge in [0.05, 0.1) is 56.4 Å². The molecule has 0 aromatic rings. The fourth-order valence-electron chi connectivity index (χ4n) is 7.09. The fraction of sp³-hybridized carbons (Fsp3) is 0.821. The number of methoxy groups -OCH3 is 1. The Morgan fingerprint density at radius 1 is 1.00 bits per heavy atom. The Morgan fingerprint density at radius 3 is 2.40 bits per heavy atom. The van der Waals surface area contributed by atoms with Crippen LogP contribution >= 0.6 is 0 Å². The largest absolute Gasteiger partial charge is 0.466 e. The van der Waals surface area contributed by atoms with E-state index in [0.29, 0.717) is 32.3 Å². The summed E-state index contributed by atoms with van der Waals surface area (Å²) in [6.45, 7) is 7.39. The lowest BCUT2D eigenvalue weighted by molar-refractivity contribution is -0.327. The third-order valence-electron chi connectivity index (χ3n) is 10.3. The Bertz CT molecular complexity index is 1170. The number of rotatable bonds is 20. The number of esters is 2. The van der Waals surface area contributed by atoms with E-state index >= 15 is 0 Å². The summed E-state index contributed by atoms with van der Waals surface area (Å²) in [5.74, 6) is -3.48. The summed E-state index contributed by atoms with van der Waals surface area (Å²) in [5.41, 5.74) is -1.02. The molecule has 0 spiro atoms. The Balaban J connectivity index is 1.81. The molecular formula is C39H64O13. The van der Waals surface area contributed by atoms with Gasteiger partial charge in [-0.3, -0.25) is 4.79 Å². The molecular weight excluding hydrogens is 676 g/mol. The van der Waals surface area contributed by atoms with Crippen molar-refractivity contribution in [2.75, 3.05) is 13.7 Å². The number of hydrogen-bond donors (Lipinski definition) is 4. The van der Waals surface area contributed by atoms with Gasteiger partial charge in [0.2, 0.25) is 5.79 Å². The highest BCUT2D eigenvalue weighted by Crippen LogP contribution is 2.47. The number of hydrogen-bond acceptors (Lipinski definition) is 13.